The van der Waals surface area contributed by atoms with E-state index < -0.39 is 11.9 Å². The fourth-order valence-electron chi connectivity index (χ4n) is 1.70. The summed E-state index contributed by atoms with van der Waals surface area (Å²) in [4.78, 5) is 22.1. The van der Waals surface area contributed by atoms with Crippen molar-refractivity contribution in [3.8, 4) is 11.8 Å². The van der Waals surface area contributed by atoms with Crippen molar-refractivity contribution < 1.29 is 19.4 Å². The molecule has 0 radical (unpaired) electrons. The Hall–Kier alpha value is -3.01. The number of methoxy groups -OCH3 is 1. The summed E-state index contributed by atoms with van der Waals surface area (Å²) in [6, 6.07) is 9.19. The van der Waals surface area contributed by atoms with Gasteiger partial charge in [0.05, 0.1) is 7.11 Å². The van der Waals surface area contributed by atoms with Crippen LogP contribution in [0.1, 0.15) is 18.4 Å². The van der Waals surface area contributed by atoms with E-state index in [2.05, 4.69) is 10.6 Å². The number of carbonyl (C=O) groups excluding carboxylic acids is 1. The van der Waals surface area contributed by atoms with E-state index in [1.54, 1.807) is 13.2 Å². The van der Waals surface area contributed by atoms with Crippen molar-refractivity contribution in [3.63, 3.8) is 0 Å². The molecule has 122 valence electrons. The van der Waals surface area contributed by atoms with Crippen LogP contribution in [0.15, 0.2) is 36.0 Å². The molecule has 0 heterocycles. The standard InChI is InChI=1S/C16H19N3O4/c1-23-14-6-4-12(5-7-14)10-18-11-13(9-17)16(22)19-8-2-3-15(20)21/h4-7,11,18H,2-3,8,10H2,1H3,(H,19,22)(H,20,21)/b13-11-. The van der Waals surface area contributed by atoms with Gasteiger partial charge in [-0.2, -0.15) is 5.26 Å². The molecule has 0 spiro atoms. The lowest BCUT2D eigenvalue weighted by Gasteiger charge is -2.05. The van der Waals surface area contributed by atoms with Gasteiger partial charge in [0.1, 0.15) is 17.4 Å². The number of amides is 1. The molecule has 1 aromatic carbocycles. The van der Waals surface area contributed by atoms with Crippen LogP contribution in [0.2, 0.25) is 0 Å². The highest BCUT2D eigenvalue weighted by Crippen LogP contribution is 2.10. The Kier molecular flexibility index (Phi) is 7.72. The molecule has 0 saturated heterocycles. The van der Waals surface area contributed by atoms with Crippen LogP contribution in [0.5, 0.6) is 5.75 Å². The third-order valence-electron chi connectivity index (χ3n) is 2.93. The van der Waals surface area contributed by atoms with Crippen LogP contribution in [-0.2, 0) is 16.1 Å². The largest absolute Gasteiger partial charge is 0.497 e. The van der Waals surface area contributed by atoms with Gasteiger partial charge in [-0.25, -0.2) is 0 Å². The topological polar surface area (TPSA) is 111 Å². The van der Waals surface area contributed by atoms with Crippen LogP contribution < -0.4 is 15.4 Å². The van der Waals surface area contributed by atoms with Crippen LogP contribution in [-0.4, -0.2) is 30.6 Å². The van der Waals surface area contributed by atoms with Gasteiger partial charge in [0.2, 0.25) is 0 Å². The third-order valence-corrected chi connectivity index (χ3v) is 2.93. The number of aliphatic carboxylic acids is 1. The summed E-state index contributed by atoms with van der Waals surface area (Å²) in [7, 11) is 1.59. The molecular formula is C16H19N3O4. The smallest absolute Gasteiger partial charge is 0.303 e. The van der Waals surface area contributed by atoms with Crippen molar-refractivity contribution in [3.05, 3.63) is 41.6 Å². The lowest BCUT2D eigenvalue weighted by atomic mass is 10.2. The lowest BCUT2D eigenvalue weighted by molar-refractivity contribution is -0.137. The zero-order valence-corrected chi connectivity index (χ0v) is 12.8. The molecule has 1 aromatic rings. The molecule has 0 fully saturated rings. The number of nitriles is 1. The molecule has 0 atom stereocenters. The summed E-state index contributed by atoms with van der Waals surface area (Å²) in [6.07, 6.45) is 1.64. The number of rotatable bonds is 9. The van der Waals surface area contributed by atoms with Gasteiger partial charge < -0.3 is 20.5 Å². The number of hydrogen-bond acceptors (Lipinski definition) is 5. The quantitative estimate of drug-likeness (QED) is 0.358. The third kappa shape index (κ3) is 7.00. The van der Waals surface area contributed by atoms with Crippen molar-refractivity contribution in [2.45, 2.75) is 19.4 Å². The molecule has 1 amide bonds. The number of carbonyl (C=O) groups is 2. The van der Waals surface area contributed by atoms with Crippen LogP contribution in [0, 0.1) is 11.3 Å². The van der Waals surface area contributed by atoms with Crippen molar-refractivity contribution >= 4 is 11.9 Å². The molecule has 0 aliphatic heterocycles. The van der Waals surface area contributed by atoms with E-state index in [1.165, 1.54) is 6.20 Å². The lowest BCUT2D eigenvalue weighted by Crippen LogP contribution is -2.27. The summed E-state index contributed by atoms with van der Waals surface area (Å²) >= 11 is 0. The van der Waals surface area contributed by atoms with Gasteiger partial charge in [0.15, 0.2) is 0 Å². The summed E-state index contributed by atoms with van der Waals surface area (Å²) in [5.74, 6) is -0.695. The number of carboxylic acids is 1. The second-order valence-corrected chi connectivity index (χ2v) is 4.65. The summed E-state index contributed by atoms with van der Waals surface area (Å²) in [6.45, 7) is 0.671. The van der Waals surface area contributed by atoms with Crippen LogP contribution in [0.25, 0.3) is 0 Å². The van der Waals surface area contributed by atoms with Gasteiger partial charge in [0, 0.05) is 25.7 Å². The molecule has 0 unspecified atom stereocenters. The fourth-order valence-corrected chi connectivity index (χ4v) is 1.70. The molecule has 0 saturated carbocycles. The molecule has 0 aromatic heterocycles. The Morgan fingerprint density at radius 3 is 2.61 bits per heavy atom. The molecule has 7 nitrogen and oxygen atoms in total. The zero-order valence-electron chi connectivity index (χ0n) is 12.8. The minimum absolute atomic E-state index is 0.0262. The number of hydrogen-bond donors (Lipinski definition) is 3. The van der Waals surface area contributed by atoms with Gasteiger partial charge in [-0.3, -0.25) is 9.59 Å². The molecule has 1 rings (SSSR count). The average Bonchev–Trinajstić information content (AvgIpc) is 2.55. The van der Waals surface area contributed by atoms with Crippen molar-refractivity contribution in [1.29, 1.82) is 5.26 Å². The number of nitrogens with one attached hydrogen (secondary N) is 2. The second-order valence-electron chi connectivity index (χ2n) is 4.65. The zero-order chi connectivity index (χ0) is 17.1. The van der Waals surface area contributed by atoms with Gasteiger partial charge in [0.25, 0.3) is 5.91 Å². The number of nitrogens with zero attached hydrogens (tertiary/aromatic N) is 1. The molecule has 0 aliphatic carbocycles. The summed E-state index contributed by atoms with van der Waals surface area (Å²) in [5, 5.41) is 22.9. The Balaban J connectivity index is 2.43. The van der Waals surface area contributed by atoms with Gasteiger partial charge in [-0.15, -0.1) is 0 Å². The molecule has 0 bridgehead atoms. The molecule has 0 aliphatic rings. The summed E-state index contributed by atoms with van der Waals surface area (Å²) in [5.41, 5.74) is 0.912. The SMILES string of the molecule is COc1ccc(CN/C=C(/C#N)C(=O)NCCCC(=O)O)cc1. The first kappa shape index (κ1) is 18.0. The first-order valence-corrected chi connectivity index (χ1v) is 7.03. The van der Waals surface area contributed by atoms with Crippen LogP contribution >= 0.6 is 0 Å². The first-order valence-electron chi connectivity index (χ1n) is 7.03. The maximum Gasteiger partial charge on any atom is 0.303 e. The number of benzene rings is 1. The van der Waals surface area contributed by atoms with Crippen molar-refractivity contribution in [2.24, 2.45) is 0 Å². The van der Waals surface area contributed by atoms with E-state index in [9.17, 15) is 9.59 Å². The molecule has 3 N–H and O–H groups in total. The van der Waals surface area contributed by atoms with Crippen molar-refractivity contribution in [1.82, 2.24) is 10.6 Å². The Labute approximate surface area is 134 Å². The van der Waals surface area contributed by atoms with E-state index in [0.29, 0.717) is 13.0 Å². The Bertz CT molecular complexity index is 603. The minimum Gasteiger partial charge on any atom is -0.497 e. The first-order chi connectivity index (χ1) is 11.1. The normalized spacial score (nSPS) is 10.5. The fraction of sp³-hybridized carbons (Fsp3) is 0.312. The second kappa shape index (κ2) is 9.84. The van der Waals surface area contributed by atoms with E-state index in [-0.39, 0.29) is 18.5 Å². The number of ether oxygens (including phenoxy) is 1. The number of carboxylic acid groups (broad SMARTS) is 1. The Morgan fingerprint density at radius 2 is 2.04 bits per heavy atom. The molecule has 7 heteroatoms. The van der Waals surface area contributed by atoms with E-state index in [1.807, 2.05) is 24.3 Å². The predicted octanol–water partition coefficient (Wildman–Crippen LogP) is 1.17. The van der Waals surface area contributed by atoms with Crippen LogP contribution in [0.3, 0.4) is 0 Å². The van der Waals surface area contributed by atoms with Gasteiger partial charge in [-0.05, 0) is 24.1 Å². The minimum atomic E-state index is -0.920. The maximum atomic E-state index is 11.7. The van der Waals surface area contributed by atoms with E-state index in [0.717, 1.165) is 11.3 Å². The maximum absolute atomic E-state index is 11.7. The van der Waals surface area contributed by atoms with Gasteiger partial charge in [-0.1, -0.05) is 12.1 Å². The van der Waals surface area contributed by atoms with Crippen LogP contribution in [0.4, 0.5) is 0 Å². The van der Waals surface area contributed by atoms with Gasteiger partial charge >= 0.3 is 5.97 Å². The highest BCUT2D eigenvalue weighted by molar-refractivity contribution is 5.97. The van der Waals surface area contributed by atoms with E-state index >= 15 is 0 Å². The molecular weight excluding hydrogens is 298 g/mol. The monoisotopic (exact) mass is 317 g/mol. The average molecular weight is 317 g/mol. The highest BCUT2D eigenvalue weighted by atomic mass is 16.5. The summed E-state index contributed by atoms with van der Waals surface area (Å²) < 4.78 is 5.06. The predicted molar refractivity (Wildman–Crippen MR) is 83.4 cm³/mol. The Morgan fingerprint density at radius 1 is 1.35 bits per heavy atom. The van der Waals surface area contributed by atoms with E-state index in [4.69, 9.17) is 15.1 Å². The van der Waals surface area contributed by atoms with Crippen molar-refractivity contribution in [2.75, 3.05) is 13.7 Å². The highest BCUT2D eigenvalue weighted by Gasteiger charge is 2.08. The molecule has 23 heavy (non-hydrogen) atoms.